The lowest BCUT2D eigenvalue weighted by Gasteiger charge is -2.31. The Morgan fingerprint density at radius 2 is 2.18 bits per heavy atom. The highest BCUT2D eigenvalue weighted by Crippen LogP contribution is 2.28. The normalized spacial score (nSPS) is 19.6. The van der Waals surface area contributed by atoms with Crippen molar-refractivity contribution in [2.24, 2.45) is 5.92 Å². The lowest BCUT2D eigenvalue weighted by atomic mass is 9.97. The fourth-order valence-corrected chi connectivity index (χ4v) is 4.44. The highest BCUT2D eigenvalue weighted by atomic mass is 32.1. The molecule has 4 N–H and O–H groups in total. The molecule has 0 radical (unpaired) electrons. The number of fused-ring (bicyclic) bond motifs is 1. The van der Waals surface area contributed by atoms with Gasteiger partial charge in [-0.25, -0.2) is 14.4 Å². The van der Waals surface area contributed by atoms with Crippen LogP contribution in [0.3, 0.4) is 0 Å². The van der Waals surface area contributed by atoms with E-state index in [1.807, 2.05) is 18.2 Å². The van der Waals surface area contributed by atoms with Crippen molar-refractivity contribution in [3.8, 4) is 0 Å². The van der Waals surface area contributed by atoms with Crippen molar-refractivity contribution in [2.45, 2.75) is 45.0 Å². The van der Waals surface area contributed by atoms with Crippen LogP contribution in [0.4, 0.5) is 21.6 Å². The van der Waals surface area contributed by atoms with Gasteiger partial charge in [-0.2, -0.15) is 0 Å². The zero-order valence-electron chi connectivity index (χ0n) is 19.5. The maximum absolute atomic E-state index is 14.2. The number of anilines is 3. The Balaban J connectivity index is 1.57. The number of hydrogen-bond acceptors (Lipinski definition) is 8. The summed E-state index contributed by atoms with van der Waals surface area (Å²) >= 11 is 1.56. The summed E-state index contributed by atoms with van der Waals surface area (Å²) in [4.78, 5) is 21.6. The third kappa shape index (κ3) is 5.81. The summed E-state index contributed by atoms with van der Waals surface area (Å²) in [5.41, 5.74) is 2.96. The summed E-state index contributed by atoms with van der Waals surface area (Å²) in [5, 5.41) is 19.2. The van der Waals surface area contributed by atoms with E-state index in [1.165, 1.54) is 20.0 Å². The quantitative estimate of drug-likeness (QED) is 0.379. The van der Waals surface area contributed by atoms with Crippen LogP contribution in [0.15, 0.2) is 36.0 Å². The molecule has 1 aliphatic rings. The Labute approximate surface area is 202 Å². The van der Waals surface area contributed by atoms with Crippen molar-refractivity contribution in [1.29, 1.82) is 0 Å². The summed E-state index contributed by atoms with van der Waals surface area (Å²) in [6.45, 7) is 5.82. The van der Waals surface area contributed by atoms with Crippen LogP contribution in [-0.4, -0.2) is 58.6 Å². The Hall–Kier alpha value is -2.82. The number of alkyl halides is 1. The standard InChI is InChI=1S/C24H30FN5O3S/c1-14-12-33-7-6-17(14)30-19-9-22(29-15-4-5-18-20(8-15)34-13-28-18)26-10-16(19)23(31)27-11-21(25)24(2,3)32/h4-5,8-10,13-14,17,21,32H,6-7,11-12H2,1-3H3,(H,27,31)(H2,26,29,30). The Kier molecular flexibility index (Phi) is 7.30. The van der Waals surface area contributed by atoms with E-state index in [0.29, 0.717) is 30.3 Å². The van der Waals surface area contributed by atoms with Gasteiger partial charge in [0.05, 0.1) is 45.7 Å². The number of carbonyl (C=O) groups is 1. The SMILES string of the molecule is CC1COCCC1Nc1cc(Nc2ccc3ncsc3c2)ncc1C(=O)NCC(F)C(C)(C)O. The Morgan fingerprint density at radius 1 is 1.35 bits per heavy atom. The van der Waals surface area contributed by atoms with E-state index in [2.05, 4.69) is 32.8 Å². The number of carbonyl (C=O) groups excluding carboxylic acids is 1. The number of pyridine rings is 1. The zero-order valence-corrected chi connectivity index (χ0v) is 20.3. The summed E-state index contributed by atoms with van der Waals surface area (Å²) in [7, 11) is 0. The second kappa shape index (κ2) is 10.2. The van der Waals surface area contributed by atoms with Gasteiger partial charge >= 0.3 is 0 Å². The molecule has 1 saturated heterocycles. The van der Waals surface area contributed by atoms with Crippen molar-refractivity contribution in [1.82, 2.24) is 15.3 Å². The molecular weight excluding hydrogens is 457 g/mol. The van der Waals surface area contributed by atoms with Crippen LogP contribution < -0.4 is 16.0 Å². The van der Waals surface area contributed by atoms with Gasteiger partial charge in [0.25, 0.3) is 5.91 Å². The Morgan fingerprint density at radius 3 is 2.94 bits per heavy atom. The Bertz CT molecular complexity index is 1150. The number of aromatic nitrogens is 2. The van der Waals surface area contributed by atoms with Crippen LogP contribution in [-0.2, 0) is 4.74 Å². The molecule has 3 heterocycles. The number of hydrogen-bond donors (Lipinski definition) is 4. The molecule has 0 aliphatic carbocycles. The van der Waals surface area contributed by atoms with Crippen molar-refractivity contribution in [3.63, 3.8) is 0 Å². The average Bonchev–Trinajstić information content (AvgIpc) is 3.26. The number of nitrogens with zero attached hydrogens (tertiary/aromatic N) is 2. The molecule has 3 unspecified atom stereocenters. The van der Waals surface area contributed by atoms with Gasteiger partial charge < -0.3 is 25.8 Å². The molecule has 10 heteroatoms. The smallest absolute Gasteiger partial charge is 0.255 e. The summed E-state index contributed by atoms with van der Waals surface area (Å²) in [6.07, 6.45) is 0.687. The minimum Gasteiger partial charge on any atom is -0.387 e. The first-order valence-corrected chi connectivity index (χ1v) is 12.2. The highest BCUT2D eigenvalue weighted by molar-refractivity contribution is 7.16. The van der Waals surface area contributed by atoms with Crippen LogP contribution in [0.2, 0.25) is 0 Å². The van der Waals surface area contributed by atoms with Crippen molar-refractivity contribution < 1.29 is 19.0 Å². The molecule has 1 amide bonds. The number of thiazole rings is 1. The number of ether oxygens (including phenoxy) is 1. The second-order valence-electron chi connectivity index (χ2n) is 9.20. The molecule has 8 nitrogen and oxygen atoms in total. The van der Waals surface area contributed by atoms with Gasteiger partial charge in [0.1, 0.15) is 12.0 Å². The summed E-state index contributed by atoms with van der Waals surface area (Å²) in [6, 6.07) is 7.78. The molecule has 3 aromatic rings. The first-order valence-electron chi connectivity index (χ1n) is 11.3. The molecule has 0 saturated carbocycles. The van der Waals surface area contributed by atoms with Gasteiger partial charge in [0, 0.05) is 30.6 Å². The van der Waals surface area contributed by atoms with Crippen molar-refractivity contribution in [2.75, 3.05) is 30.4 Å². The molecule has 4 rings (SSSR count). The van der Waals surface area contributed by atoms with Crippen molar-refractivity contribution in [3.05, 3.63) is 41.5 Å². The lowest BCUT2D eigenvalue weighted by molar-refractivity contribution is -0.00177. The van der Waals surface area contributed by atoms with Gasteiger partial charge in [-0.1, -0.05) is 6.92 Å². The van der Waals surface area contributed by atoms with E-state index in [9.17, 15) is 14.3 Å². The van der Waals surface area contributed by atoms with Gasteiger partial charge in [0.15, 0.2) is 0 Å². The molecule has 0 bridgehead atoms. The molecule has 182 valence electrons. The van der Waals surface area contributed by atoms with Crippen LogP contribution in [0.1, 0.15) is 37.6 Å². The van der Waals surface area contributed by atoms with Crippen LogP contribution in [0.25, 0.3) is 10.2 Å². The van der Waals surface area contributed by atoms with E-state index in [0.717, 1.165) is 22.3 Å². The van der Waals surface area contributed by atoms with E-state index in [1.54, 1.807) is 22.9 Å². The van der Waals surface area contributed by atoms with Crippen LogP contribution >= 0.6 is 11.3 Å². The van der Waals surface area contributed by atoms with Crippen LogP contribution in [0, 0.1) is 5.92 Å². The van der Waals surface area contributed by atoms with E-state index < -0.39 is 17.7 Å². The lowest BCUT2D eigenvalue weighted by Crippen LogP contribution is -2.42. The van der Waals surface area contributed by atoms with Gasteiger partial charge in [-0.3, -0.25) is 4.79 Å². The predicted octanol–water partition coefficient (Wildman–Crippen LogP) is 4.11. The summed E-state index contributed by atoms with van der Waals surface area (Å²) in [5.74, 6) is 0.370. The number of benzene rings is 1. The first-order chi connectivity index (χ1) is 16.2. The number of rotatable bonds is 8. The van der Waals surface area contributed by atoms with E-state index in [-0.39, 0.29) is 18.5 Å². The fraction of sp³-hybridized carbons (Fsp3) is 0.458. The zero-order chi connectivity index (χ0) is 24.3. The van der Waals surface area contributed by atoms with Crippen molar-refractivity contribution >= 4 is 44.7 Å². The van der Waals surface area contributed by atoms with Gasteiger partial charge in [-0.05, 0) is 44.4 Å². The first kappa shape index (κ1) is 24.3. The molecule has 2 aromatic heterocycles. The third-order valence-electron chi connectivity index (χ3n) is 5.94. The monoisotopic (exact) mass is 487 g/mol. The van der Waals surface area contributed by atoms with Crippen LogP contribution in [0.5, 0.6) is 0 Å². The topological polar surface area (TPSA) is 108 Å². The molecule has 34 heavy (non-hydrogen) atoms. The number of amides is 1. The third-order valence-corrected chi connectivity index (χ3v) is 6.73. The van der Waals surface area contributed by atoms with Gasteiger partial charge in [-0.15, -0.1) is 11.3 Å². The number of halogens is 1. The largest absolute Gasteiger partial charge is 0.387 e. The molecule has 1 aliphatic heterocycles. The highest BCUT2D eigenvalue weighted by Gasteiger charge is 2.28. The molecular formula is C24H30FN5O3S. The maximum Gasteiger partial charge on any atom is 0.255 e. The second-order valence-corrected chi connectivity index (χ2v) is 10.1. The fourth-order valence-electron chi connectivity index (χ4n) is 3.73. The van der Waals surface area contributed by atoms with E-state index >= 15 is 0 Å². The average molecular weight is 488 g/mol. The van der Waals surface area contributed by atoms with Gasteiger partial charge in [0.2, 0.25) is 0 Å². The molecule has 3 atom stereocenters. The predicted molar refractivity (Wildman–Crippen MR) is 133 cm³/mol. The minimum atomic E-state index is -1.60. The molecule has 0 spiro atoms. The minimum absolute atomic E-state index is 0.120. The summed E-state index contributed by atoms with van der Waals surface area (Å²) < 4.78 is 20.8. The number of aliphatic hydroxyl groups is 1. The molecule has 1 aromatic carbocycles. The maximum atomic E-state index is 14.2. The number of nitrogens with one attached hydrogen (secondary N) is 3. The molecule has 1 fully saturated rings. The van der Waals surface area contributed by atoms with E-state index in [4.69, 9.17) is 4.74 Å².